The van der Waals surface area contributed by atoms with Gasteiger partial charge in [0.15, 0.2) is 0 Å². The van der Waals surface area contributed by atoms with Gasteiger partial charge in [0.2, 0.25) is 6.54 Å². The maximum absolute atomic E-state index is 10.3. The second-order valence-corrected chi connectivity index (χ2v) is 4.48. The molecule has 0 bridgehead atoms. The average molecular weight is 264 g/mol. The molecule has 0 aromatic carbocycles. The van der Waals surface area contributed by atoms with Crippen LogP contribution in [0.2, 0.25) is 0 Å². The Morgan fingerprint density at radius 1 is 1.43 bits per heavy atom. The molecule has 1 aliphatic carbocycles. The molecule has 0 amide bonds. The molecule has 0 fully saturated rings. The van der Waals surface area contributed by atoms with Crippen LogP contribution in [0.5, 0.6) is 0 Å². The Balaban J connectivity index is 2.66. The van der Waals surface area contributed by atoms with E-state index in [1.807, 2.05) is 0 Å². The van der Waals surface area contributed by atoms with Crippen molar-refractivity contribution in [3.05, 3.63) is 20.2 Å². The van der Waals surface area contributed by atoms with Gasteiger partial charge in [0.25, 0.3) is 0 Å². The third-order valence-electron chi connectivity index (χ3n) is 2.42. The molecule has 0 aromatic heterocycles. The topological polar surface area (TPSA) is 63.4 Å². The Morgan fingerprint density at radius 3 is 2.71 bits per heavy atom. The largest absolute Gasteiger partial charge is 0.382 e. The smallest absolute Gasteiger partial charge is 0.233 e. The minimum atomic E-state index is -0.919. The summed E-state index contributed by atoms with van der Waals surface area (Å²) in [5.41, 5.74) is 0.819. The first kappa shape index (κ1) is 11.7. The Kier molecular flexibility index (Phi) is 4.54. The van der Waals surface area contributed by atoms with Crippen LogP contribution in [0.3, 0.4) is 0 Å². The van der Waals surface area contributed by atoms with Gasteiger partial charge < -0.3 is 5.11 Å². The van der Waals surface area contributed by atoms with Crippen LogP contribution < -0.4 is 0 Å². The van der Waals surface area contributed by atoms with Crippen LogP contribution >= 0.6 is 15.9 Å². The van der Waals surface area contributed by atoms with E-state index in [0.29, 0.717) is 0 Å². The maximum atomic E-state index is 10.3. The molecule has 1 rings (SSSR count). The number of hydrogen-bond acceptors (Lipinski definition) is 3. The molecule has 14 heavy (non-hydrogen) atoms. The van der Waals surface area contributed by atoms with Crippen molar-refractivity contribution in [1.29, 1.82) is 0 Å². The van der Waals surface area contributed by atoms with Crippen molar-refractivity contribution in [2.45, 2.75) is 38.2 Å². The standard InChI is InChI=1S/C9H14BrNO3/c10-8-5-3-1-2-4-7(8)9(12)6-11(13)14/h9,12H,1-6H2/t9-/m1/s1. The number of halogens is 1. The summed E-state index contributed by atoms with van der Waals surface area (Å²) in [6, 6.07) is 0. The van der Waals surface area contributed by atoms with E-state index >= 15 is 0 Å². The van der Waals surface area contributed by atoms with Gasteiger partial charge in [-0.2, -0.15) is 0 Å². The number of aliphatic hydroxyl groups excluding tert-OH is 1. The summed E-state index contributed by atoms with van der Waals surface area (Å²) in [7, 11) is 0. The van der Waals surface area contributed by atoms with Crippen molar-refractivity contribution in [1.82, 2.24) is 0 Å². The summed E-state index contributed by atoms with van der Waals surface area (Å²) in [4.78, 5) is 9.78. The molecule has 0 heterocycles. The number of nitrogens with zero attached hydrogens (tertiary/aromatic N) is 1. The summed E-state index contributed by atoms with van der Waals surface area (Å²) in [6.07, 6.45) is 3.98. The van der Waals surface area contributed by atoms with Gasteiger partial charge >= 0.3 is 0 Å². The molecule has 0 unspecified atom stereocenters. The van der Waals surface area contributed by atoms with Gasteiger partial charge in [0.1, 0.15) is 6.10 Å². The molecule has 1 atom stereocenters. The van der Waals surface area contributed by atoms with Crippen LogP contribution in [0.4, 0.5) is 0 Å². The fourth-order valence-corrected chi connectivity index (χ4v) is 2.41. The first-order valence-corrected chi connectivity index (χ1v) is 5.58. The molecule has 0 radical (unpaired) electrons. The highest BCUT2D eigenvalue weighted by atomic mass is 79.9. The van der Waals surface area contributed by atoms with Crippen LogP contribution in [0, 0.1) is 10.1 Å². The van der Waals surface area contributed by atoms with Crippen molar-refractivity contribution >= 4 is 15.9 Å². The van der Waals surface area contributed by atoms with Gasteiger partial charge in [-0.3, -0.25) is 10.1 Å². The normalized spacial score (nSPS) is 20.4. The van der Waals surface area contributed by atoms with Crippen molar-refractivity contribution < 1.29 is 10.0 Å². The van der Waals surface area contributed by atoms with Gasteiger partial charge in [-0.15, -0.1) is 0 Å². The third-order valence-corrected chi connectivity index (χ3v) is 3.32. The van der Waals surface area contributed by atoms with Crippen LogP contribution in [0.1, 0.15) is 32.1 Å². The first-order chi connectivity index (χ1) is 6.61. The second kappa shape index (κ2) is 5.46. The van der Waals surface area contributed by atoms with E-state index in [9.17, 15) is 15.2 Å². The van der Waals surface area contributed by atoms with Crippen molar-refractivity contribution in [3.8, 4) is 0 Å². The molecule has 4 nitrogen and oxygen atoms in total. The lowest BCUT2D eigenvalue weighted by molar-refractivity contribution is -0.488. The molecule has 1 N–H and O–H groups in total. The molecule has 0 saturated heterocycles. The van der Waals surface area contributed by atoms with E-state index in [4.69, 9.17) is 0 Å². The molecule has 0 spiro atoms. The van der Waals surface area contributed by atoms with Gasteiger partial charge in [-0.25, -0.2) is 0 Å². The van der Waals surface area contributed by atoms with Crippen molar-refractivity contribution in [2.75, 3.05) is 6.54 Å². The zero-order valence-electron chi connectivity index (χ0n) is 7.91. The summed E-state index contributed by atoms with van der Waals surface area (Å²) in [5, 5.41) is 19.9. The van der Waals surface area contributed by atoms with Gasteiger partial charge in [0.05, 0.1) is 0 Å². The Morgan fingerprint density at radius 2 is 2.07 bits per heavy atom. The van der Waals surface area contributed by atoms with E-state index in [2.05, 4.69) is 15.9 Å². The van der Waals surface area contributed by atoms with E-state index in [0.717, 1.165) is 42.2 Å². The number of rotatable bonds is 3. The molecular formula is C9H14BrNO3. The highest BCUT2D eigenvalue weighted by molar-refractivity contribution is 9.11. The van der Waals surface area contributed by atoms with Crippen LogP contribution in [-0.4, -0.2) is 22.7 Å². The minimum Gasteiger partial charge on any atom is -0.382 e. The lowest BCUT2D eigenvalue weighted by Gasteiger charge is -2.11. The number of allylic oxidation sites excluding steroid dienone is 1. The number of aliphatic hydroxyl groups is 1. The second-order valence-electron chi connectivity index (χ2n) is 3.52. The van der Waals surface area contributed by atoms with Gasteiger partial charge in [-0.1, -0.05) is 22.4 Å². The molecule has 1 aliphatic rings. The number of nitro groups is 1. The highest BCUT2D eigenvalue weighted by Crippen LogP contribution is 2.29. The first-order valence-electron chi connectivity index (χ1n) is 4.78. The summed E-state index contributed by atoms with van der Waals surface area (Å²) in [5.74, 6) is 0. The van der Waals surface area contributed by atoms with E-state index < -0.39 is 11.0 Å². The third kappa shape index (κ3) is 3.38. The Bertz CT molecular complexity index is 252. The zero-order valence-corrected chi connectivity index (χ0v) is 9.49. The van der Waals surface area contributed by atoms with Crippen molar-refractivity contribution in [2.24, 2.45) is 0 Å². The monoisotopic (exact) mass is 263 g/mol. The van der Waals surface area contributed by atoms with Gasteiger partial charge in [-0.05, 0) is 35.7 Å². The SMILES string of the molecule is O=[N+]([O-])C[C@@H](O)C1=C(Br)CCCCC1. The van der Waals surface area contributed by atoms with Crippen molar-refractivity contribution in [3.63, 3.8) is 0 Å². The highest BCUT2D eigenvalue weighted by Gasteiger charge is 2.20. The summed E-state index contributed by atoms with van der Waals surface area (Å²) >= 11 is 3.39. The maximum Gasteiger partial charge on any atom is 0.233 e. The average Bonchev–Trinajstić information content (AvgIpc) is 2.28. The van der Waals surface area contributed by atoms with Crippen LogP contribution in [0.25, 0.3) is 0 Å². The van der Waals surface area contributed by atoms with Crippen LogP contribution in [0.15, 0.2) is 10.1 Å². The number of hydrogen-bond donors (Lipinski definition) is 1. The van der Waals surface area contributed by atoms with Gasteiger partial charge in [0, 0.05) is 4.92 Å². The Hall–Kier alpha value is -0.420. The lowest BCUT2D eigenvalue weighted by atomic mass is 10.0. The van der Waals surface area contributed by atoms with E-state index in [1.165, 1.54) is 0 Å². The minimum absolute atomic E-state index is 0.384. The molecule has 80 valence electrons. The van der Waals surface area contributed by atoms with E-state index in [1.54, 1.807) is 0 Å². The summed E-state index contributed by atoms with van der Waals surface area (Å²) in [6.45, 7) is -0.384. The van der Waals surface area contributed by atoms with E-state index in [-0.39, 0.29) is 6.54 Å². The molecular weight excluding hydrogens is 250 g/mol. The zero-order chi connectivity index (χ0) is 10.6. The predicted molar refractivity (Wildman–Crippen MR) is 56.9 cm³/mol. The van der Waals surface area contributed by atoms with Crippen LogP contribution in [-0.2, 0) is 0 Å². The molecule has 0 aliphatic heterocycles. The molecule has 0 saturated carbocycles. The molecule has 5 heteroatoms. The fraction of sp³-hybridized carbons (Fsp3) is 0.778. The summed E-state index contributed by atoms with van der Waals surface area (Å²) < 4.78 is 0.962. The predicted octanol–water partition coefficient (Wildman–Crippen LogP) is 2.24. The lowest BCUT2D eigenvalue weighted by Crippen LogP contribution is -2.22. The molecule has 0 aromatic rings. The Labute approximate surface area is 91.3 Å². The fourth-order valence-electron chi connectivity index (χ4n) is 1.67. The quantitative estimate of drug-likeness (QED) is 0.628.